The Balaban J connectivity index is 1.54. The number of carbonyl (C=O) groups excluding carboxylic acids is 1. The largest absolute Gasteiger partial charge is 0.494 e. The average Bonchev–Trinajstić information content (AvgIpc) is 3.37. The summed E-state index contributed by atoms with van der Waals surface area (Å²) in [5.41, 5.74) is 5.34. The third kappa shape index (κ3) is 4.14. The molecule has 0 aliphatic heterocycles. The lowest BCUT2D eigenvalue weighted by atomic mass is 10.1. The number of carbonyl (C=O) groups is 1. The quantitative estimate of drug-likeness (QED) is 0.493. The molecule has 0 aliphatic rings. The standard InChI is InChI=1S/C22H22N4O2S/c1-3-28-17-10-8-16(9-11-17)15(2)24-21(27)12-26-20-7-5-4-6-18(20)25-22(26)19-13-29-14-23-19/h4-11,13-15H,3,12H2,1-2H3,(H,24,27)/t15-/m1/s1. The molecule has 0 radical (unpaired) electrons. The molecule has 0 aliphatic carbocycles. The van der Waals surface area contributed by atoms with E-state index in [2.05, 4.69) is 15.3 Å². The van der Waals surface area contributed by atoms with Crippen molar-refractivity contribution in [3.63, 3.8) is 0 Å². The third-order valence-corrected chi connectivity index (χ3v) is 5.27. The predicted octanol–water partition coefficient (Wildman–Crippen LogP) is 4.44. The number of ether oxygens (including phenoxy) is 1. The maximum absolute atomic E-state index is 12.8. The number of imidazole rings is 1. The Kier molecular flexibility index (Phi) is 5.57. The molecular formula is C22H22N4O2S. The second-order valence-corrected chi connectivity index (χ2v) is 7.39. The molecule has 0 unspecified atom stereocenters. The van der Waals surface area contributed by atoms with E-state index in [1.54, 1.807) is 5.51 Å². The summed E-state index contributed by atoms with van der Waals surface area (Å²) in [5.74, 6) is 1.45. The van der Waals surface area contributed by atoms with Gasteiger partial charge in [-0.05, 0) is 43.7 Å². The number of nitrogens with zero attached hydrogens (tertiary/aromatic N) is 3. The molecule has 0 fully saturated rings. The van der Waals surface area contributed by atoms with Crippen LogP contribution in [-0.4, -0.2) is 27.0 Å². The van der Waals surface area contributed by atoms with Crippen LogP contribution in [0.3, 0.4) is 0 Å². The Labute approximate surface area is 173 Å². The molecule has 148 valence electrons. The summed E-state index contributed by atoms with van der Waals surface area (Å²) in [4.78, 5) is 21.9. The van der Waals surface area contributed by atoms with Gasteiger partial charge in [-0.3, -0.25) is 4.79 Å². The van der Waals surface area contributed by atoms with E-state index in [0.717, 1.165) is 28.0 Å². The summed E-state index contributed by atoms with van der Waals surface area (Å²) < 4.78 is 7.40. The monoisotopic (exact) mass is 406 g/mol. The van der Waals surface area contributed by atoms with Crippen LogP contribution >= 0.6 is 11.3 Å². The average molecular weight is 407 g/mol. The van der Waals surface area contributed by atoms with Gasteiger partial charge in [-0.25, -0.2) is 9.97 Å². The maximum atomic E-state index is 12.8. The maximum Gasteiger partial charge on any atom is 0.240 e. The van der Waals surface area contributed by atoms with Gasteiger partial charge in [-0.2, -0.15) is 0 Å². The summed E-state index contributed by atoms with van der Waals surface area (Å²) in [5, 5.41) is 5.02. The van der Waals surface area contributed by atoms with Crippen molar-refractivity contribution in [2.45, 2.75) is 26.4 Å². The molecule has 29 heavy (non-hydrogen) atoms. The fourth-order valence-corrected chi connectivity index (χ4v) is 3.82. The van der Waals surface area contributed by atoms with Crippen LogP contribution in [0.25, 0.3) is 22.6 Å². The first-order valence-electron chi connectivity index (χ1n) is 9.51. The number of fused-ring (bicyclic) bond motifs is 1. The van der Waals surface area contributed by atoms with E-state index in [9.17, 15) is 4.79 Å². The number of rotatable bonds is 7. The van der Waals surface area contributed by atoms with Gasteiger partial charge in [-0.15, -0.1) is 11.3 Å². The lowest BCUT2D eigenvalue weighted by Gasteiger charge is -2.16. The molecule has 0 spiro atoms. The van der Waals surface area contributed by atoms with Crippen LogP contribution in [0.2, 0.25) is 0 Å². The lowest BCUT2D eigenvalue weighted by Crippen LogP contribution is -2.30. The van der Waals surface area contributed by atoms with Gasteiger partial charge in [-0.1, -0.05) is 24.3 Å². The molecule has 1 amide bonds. The molecule has 0 saturated heterocycles. The van der Waals surface area contributed by atoms with E-state index in [-0.39, 0.29) is 18.5 Å². The van der Waals surface area contributed by atoms with Crippen molar-refractivity contribution in [3.8, 4) is 17.3 Å². The van der Waals surface area contributed by atoms with E-state index in [4.69, 9.17) is 4.74 Å². The zero-order valence-electron chi connectivity index (χ0n) is 16.3. The van der Waals surface area contributed by atoms with Gasteiger partial charge >= 0.3 is 0 Å². The van der Waals surface area contributed by atoms with E-state index < -0.39 is 0 Å². The van der Waals surface area contributed by atoms with E-state index in [0.29, 0.717) is 12.4 Å². The van der Waals surface area contributed by atoms with Crippen molar-refractivity contribution in [2.75, 3.05) is 6.61 Å². The minimum absolute atomic E-state index is 0.0778. The van der Waals surface area contributed by atoms with Crippen LogP contribution in [0.5, 0.6) is 5.75 Å². The van der Waals surface area contributed by atoms with Gasteiger partial charge < -0.3 is 14.6 Å². The molecule has 2 heterocycles. The van der Waals surface area contributed by atoms with Crippen molar-refractivity contribution in [1.82, 2.24) is 19.9 Å². The first-order valence-corrected chi connectivity index (χ1v) is 10.5. The summed E-state index contributed by atoms with van der Waals surface area (Å²) in [6.45, 7) is 4.73. The zero-order valence-corrected chi connectivity index (χ0v) is 17.1. The first kappa shape index (κ1) is 19.1. The topological polar surface area (TPSA) is 69.0 Å². The molecule has 1 N–H and O–H groups in total. The normalized spacial score (nSPS) is 12.1. The summed E-state index contributed by atoms with van der Waals surface area (Å²) in [7, 11) is 0. The minimum Gasteiger partial charge on any atom is -0.494 e. The Morgan fingerprint density at radius 1 is 1.21 bits per heavy atom. The first-order chi connectivity index (χ1) is 14.2. The second kappa shape index (κ2) is 8.45. The Hall–Kier alpha value is -3.19. The summed E-state index contributed by atoms with van der Waals surface area (Å²) in [6, 6.07) is 15.5. The highest BCUT2D eigenvalue weighted by Crippen LogP contribution is 2.25. The smallest absolute Gasteiger partial charge is 0.240 e. The van der Waals surface area contributed by atoms with Crippen LogP contribution in [0.4, 0.5) is 0 Å². The fourth-order valence-electron chi connectivity index (χ4n) is 3.29. The van der Waals surface area contributed by atoms with Gasteiger partial charge in [0.1, 0.15) is 18.0 Å². The minimum atomic E-state index is -0.115. The number of hydrogen-bond acceptors (Lipinski definition) is 5. The van der Waals surface area contributed by atoms with Crippen LogP contribution in [0.15, 0.2) is 59.4 Å². The number of para-hydroxylation sites is 2. The third-order valence-electron chi connectivity index (χ3n) is 4.69. The van der Waals surface area contributed by atoms with Gasteiger partial charge in [0.05, 0.1) is 29.2 Å². The SMILES string of the molecule is CCOc1ccc([C@@H](C)NC(=O)Cn2c(-c3cscn3)nc3ccccc32)cc1. The molecule has 6 nitrogen and oxygen atoms in total. The molecule has 4 aromatic rings. The molecule has 2 aromatic heterocycles. The van der Waals surface area contributed by atoms with E-state index in [1.165, 1.54) is 11.3 Å². The Morgan fingerprint density at radius 2 is 2.00 bits per heavy atom. The predicted molar refractivity (Wildman–Crippen MR) is 115 cm³/mol. The van der Waals surface area contributed by atoms with Crippen LogP contribution in [0.1, 0.15) is 25.5 Å². The highest BCUT2D eigenvalue weighted by molar-refractivity contribution is 7.07. The van der Waals surface area contributed by atoms with Crippen LogP contribution < -0.4 is 10.1 Å². The number of thiazole rings is 1. The molecule has 7 heteroatoms. The van der Waals surface area contributed by atoms with Gasteiger partial charge in [0, 0.05) is 5.38 Å². The van der Waals surface area contributed by atoms with Gasteiger partial charge in [0.15, 0.2) is 5.82 Å². The van der Waals surface area contributed by atoms with Crippen molar-refractivity contribution in [1.29, 1.82) is 0 Å². The highest BCUT2D eigenvalue weighted by atomic mass is 32.1. The van der Waals surface area contributed by atoms with Crippen LogP contribution in [-0.2, 0) is 11.3 Å². The van der Waals surface area contributed by atoms with Crippen molar-refractivity contribution in [2.24, 2.45) is 0 Å². The zero-order chi connectivity index (χ0) is 20.2. The highest BCUT2D eigenvalue weighted by Gasteiger charge is 2.17. The number of hydrogen-bond donors (Lipinski definition) is 1. The van der Waals surface area contributed by atoms with Gasteiger partial charge in [0.25, 0.3) is 0 Å². The van der Waals surface area contributed by atoms with E-state index >= 15 is 0 Å². The Morgan fingerprint density at radius 3 is 2.72 bits per heavy atom. The molecule has 1 atom stereocenters. The number of benzene rings is 2. The molecule has 0 saturated carbocycles. The Bertz CT molecular complexity index is 1100. The summed E-state index contributed by atoms with van der Waals surface area (Å²) >= 11 is 1.51. The molecule has 4 rings (SSSR count). The molecular weight excluding hydrogens is 384 g/mol. The molecule has 0 bridgehead atoms. The summed E-state index contributed by atoms with van der Waals surface area (Å²) in [6.07, 6.45) is 0. The second-order valence-electron chi connectivity index (χ2n) is 6.68. The van der Waals surface area contributed by atoms with Gasteiger partial charge in [0.2, 0.25) is 5.91 Å². The van der Waals surface area contributed by atoms with Crippen molar-refractivity contribution >= 4 is 28.3 Å². The van der Waals surface area contributed by atoms with Crippen molar-refractivity contribution in [3.05, 3.63) is 65.0 Å². The molecule has 2 aromatic carbocycles. The van der Waals surface area contributed by atoms with Crippen LogP contribution in [0, 0.1) is 0 Å². The van der Waals surface area contributed by atoms with Crippen molar-refractivity contribution < 1.29 is 9.53 Å². The lowest BCUT2D eigenvalue weighted by molar-refractivity contribution is -0.122. The number of aromatic nitrogens is 3. The number of amides is 1. The fraction of sp³-hybridized carbons (Fsp3) is 0.227. The van der Waals surface area contributed by atoms with E-state index in [1.807, 2.05) is 72.3 Å². The number of nitrogens with one attached hydrogen (secondary N) is 1.